The minimum Gasteiger partial charge on any atom is -0.508 e. The zero-order chi connectivity index (χ0) is 12.4. The van der Waals surface area contributed by atoms with E-state index in [0.717, 1.165) is 10.5 Å². The molecule has 1 aliphatic heterocycles. The number of hydrogen-bond donors (Lipinski definition) is 2. The van der Waals surface area contributed by atoms with Gasteiger partial charge in [0.1, 0.15) is 11.4 Å². The molecule has 88 valence electrons. The van der Waals surface area contributed by atoms with Crippen LogP contribution in [0.2, 0.25) is 0 Å². The number of benzene rings is 1. The fourth-order valence-corrected chi connectivity index (χ4v) is 1.60. The highest BCUT2D eigenvalue weighted by molar-refractivity contribution is 6.13. The van der Waals surface area contributed by atoms with E-state index in [0.29, 0.717) is 6.54 Å². The molecule has 0 unspecified atom stereocenters. The van der Waals surface area contributed by atoms with Gasteiger partial charge in [0.2, 0.25) is 0 Å². The molecule has 0 saturated carbocycles. The molecule has 1 aromatic carbocycles. The number of aromatic hydroxyl groups is 1. The van der Waals surface area contributed by atoms with Crippen molar-refractivity contribution in [1.82, 2.24) is 10.2 Å². The Morgan fingerprint density at radius 2 is 1.94 bits per heavy atom. The Balaban J connectivity index is 2.27. The Bertz CT molecular complexity index is 491. The molecule has 5 heteroatoms. The zero-order valence-corrected chi connectivity index (χ0v) is 9.30. The van der Waals surface area contributed by atoms with Gasteiger partial charge in [0.05, 0.1) is 0 Å². The fourth-order valence-electron chi connectivity index (χ4n) is 1.60. The van der Waals surface area contributed by atoms with Crippen LogP contribution >= 0.6 is 0 Å². The van der Waals surface area contributed by atoms with Crippen LogP contribution in [-0.4, -0.2) is 28.5 Å². The van der Waals surface area contributed by atoms with Crippen molar-refractivity contribution < 1.29 is 14.7 Å². The maximum Gasteiger partial charge on any atom is 0.328 e. The Kier molecular flexibility index (Phi) is 2.82. The van der Waals surface area contributed by atoms with Gasteiger partial charge in [-0.15, -0.1) is 0 Å². The first kappa shape index (κ1) is 11.2. The summed E-state index contributed by atoms with van der Waals surface area (Å²) in [6.45, 7) is 2.08. The third kappa shape index (κ3) is 2.13. The molecule has 1 heterocycles. The molecule has 0 aromatic heterocycles. The predicted octanol–water partition coefficient (Wildman–Crippen LogP) is 1.30. The molecule has 17 heavy (non-hydrogen) atoms. The summed E-state index contributed by atoms with van der Waals surface area (Å²) in [6, 6.07) is 5.96. The highest BCUT2D eigenvalue weighted by Crippen LogP contribution is 2.15. The van der Waals surface area contributed by atoms with Gasteiger partial charge in [-0.1, -0.05) is 12.1 Å². The summed E-state index contributed by atoms with van der Waals surface area (Å²) >= 11 is 0. The van der Waals surface area contributed by atoms with E-state index in [2.05, 4.69) is 5.32 Å². The molecule has 1 aliphatic rings. The number of carbonyl (C=O) groups is 2. The number of urea groups is 1. The molecule has 1 fully saturated rings. The van der Waals surface area contributed by atoms with Crippen LogP contribution in [0, 0.1) is 0 Å². The number of imide groups is 1. The van der Waals surface area contributed by atoms with E-state index in [9.17, 15) is 9.59 Å². The van der Waals surface area contributed by atoms with Crippen LogP contribution in [0.15, 0.2) is 30.0 Å². The number of rotatable bonds is 2. The number of carbonyl (C=O) groups excluding carboxylic acids is 2. The molecule has 0 radical (unpaired) electrons. The Hall–Kier alpha value is -2.30. The minimum absolute atomic E-state index is 0.157. The standard InChI is InChI=1S/C12H12N2O3/c1-2-14-11(16)10(13-12(14)17)7-8-3-5-9(15)6-4-8/h3-7,15H,2H2,1H3,(H,13,17)/b10-7+. The van der Waals surface area contributed by atoms with E-state index in [-0.39, 0.29) is 17.4 Å². The molecule has 2 rings (SSSR count). The van der Waals surface area contributed by atoms with Gasteiger partial charge in [-0.05, 0) is 30.7 Å². The molecule has 5 nitrogen and oxygen atoms in total. The van der Waals surface area contributed by atoms with Gasteiger partial charge in [0, 0.05) is 6.54 Å². The van der Waals surface area contributed by atoms with Crippen molar-refractivity contribution in [3.8, 4) is 5.75 Å². The van der Waals surface area contributed by atoms with E-state index in [1.165, 1.54) is 12.1 Å². The molecule has 0 bridgehead atoms. The molecule has 0 aliphatic carbocycles. The van der Waals surface area contributed by atoms with E-state index >= 15 is 0 Å². The third-order valence-electron chi connectivity index (χ3n) is 2.48. The normalized spacial score (nSPS) is 17.7. The summed E-state index contributed by atoms with van der Waals surface area (Å²) in [5.41, 5.74) is 0.993. The summed E-state index contributed by atoms with van der Waals surface area (Å²) in [7, 11) is 0. The largest absolute Gasteiger partial charge is 0.508 e. The maximum absolute atomic E-state index is 11.7. The van der Waals surface area contributed by atoms with Crippen molar-refractivity contribution in [3.05, 3.63) is 35.5 Å². The Morgan fingerprint density at radius 3 is 2.47 bits per heavy atom. The molecular weight excluding hydrogens is 220 g/mol. The topological polar surface area (TPSA) is 69.6 Å². The second kappa shape index (κ2) is 4.29. The fraction of sp³-hybridized carbons (Fsp3) is 0.167. The highest BCUT2D eigenvalue weighted by atomic mass is 16.3. The second-order valence-corrected chi connectivity index (χ2v) is 3.63. The van der Waals surface area contributed by atoms with Gasteiger partial charge < -0.3 is 10.4 Å². The SMILES string of the molecule is CCN1C(=O)N/C(=C/c2ccc(O)cc2)C1=O. The molecule has 0 spiro atoms. The summed E-state index contributed by atoms with van der Waals surface area (Å²) in [6.07, 6.45) is 1.58. The van der Waals surface area contributed by atoms with Crippen LogP contribution in [0.3, 0.4) is 0 Å². The average molecular weight is 232 g/mol. The highest BCUT2D eigenvalue weighted by Gasteiger charge is 2.31. The number of likely N-dealkylation sites (N-methyl/N-ethyl adjacent to an activating group) is 1. The van der Waals surface area contributed by atoms with E-state index in [1.54, 1.807) is 25.1 Å². The number of hydrogen-bond acceptors (Lipinski definition) is 3. The van der Waals surface area contributed by atoms with Gasteiger partial charge in [-0.3, -0.25) is 9.69 Å². The Labute approximate surface area is 98.4 Å². The van der Waals surface area contributed by atoms with Crippen molar-refractivity contribution in [1.29, 1.82) is 0 Å². The first-order chi connectivity index (χ1) is 8.11. The number of nitrogens with zero attached hydrogens (tertiary/aromatic N) is 1. The van der Waals surface area contributed by atoms with E-state index in [4.69, 9.17) is 5.11 Å². The van der Waals surface area contributed by atoms with Crippen LogP contribution < -0.4 is 5.32 Å². The number of amides is 3. The Morgan fingerprint density at radius 1 is 1.29 bits per heavy atom. The molecule has 0 atom stereocenters. The molecular formula is C12H12N2O3. The lowest BCUT2D eigenvalue weighted by Crippen LogP contribution is -2.30. The third-order valence-corrected chi connectivity index (χ3v) is 2.48. The number of nitrogens with one attached hydrogen (secondary N) is 1. The van der Waals surface area contributed by atoms with Gasteiger partial charge in [0.15, 0.2) is 0 Å². The first-order valence-electron chi connectivity index (χ1n) is 5.25. The summed E-state index contributed by atoms with van der Waals surface area (Å²) in [4.78, 5) is 24.3. The quantitative estimate of drug-likeness (QED) is 0.596. The van der Waals surface area contributed by atoms with Crippen molar-refractivity contribution in [3.63, 3.8) is 0 Å². The van der Waals surface area contributed by atoms with Crippen molar-refractivity contribution in [2.45, 2.75) is 6.92 Å². The molecule has 1 saturated heterocycles. The maximum atomic E-state index is 11.7. The van der Waals surface area contributed by atoms with Crippen LogP contribution in [0.4, 0.5) is 4.79 Å². The van der Waals surface area contributed by atoms with Gasteiger partial charge in [-0.2, -0.15) is 0 Å². The van der Waals surface area contributed by atoms with Crippen molar-refractivity contribution >= 4 is 18.0 Å². The molecule has 3 amide bonds. The van der Waals surface area contributed by atoms with Crippen LogP contribution in [-0.2, 0) is 4.79 Å². The lowest BCUT2D eigenvalue weighted by molar-refractivity contribution is -0.122. The van der Waals surface area contributed by atoms with E-state index in [1.807, 2.05) is 0 Å². The van der Waals surface area contributed by atoms with Gasteiger partial charge in [0.25, 0.3) is 5.91 Å². The first-order valence-corrected chi connectivity index (χ1v) is 5.25. The summed E-state index contributed by atoms with van der Waals surface area (Å²) in [5.74, 6) is -0.172. The lowest BCUT2D eigenvalue weighted by atomic mass is 10.2. The average Bonchev–Trinajstić information content (AvgIpc) is 2.57. The van der Waals surface area contributed by atoms with Crippen molar-refractivity contribution in [2.75, 3.05) is 6.54 Å². The summed E-state index contributed by atoms with van der Waals surface area (Å²) < 4.78 is 0. The van der Waals surface area contributed by atoms with E-state index < -0.39 is 6.03 Å². The van der Waals surface area contributed by atoms with Gasteiger partial charge >= 0.3 is 6.03 Å². The second-order valence-electron chi connectivity index (χ2n) is 3.63. The van der Waals surface area contributed by atoms with Crippen LogP contribution in [0.1, 0.15) is 12.5 Å². The van der Waals surface area contributed by atoms with Crippen molar-refractivity contribution in [2.24, 2.45) is 0 Å². The lowest BCUT2D eigenvalue weighted by Gasteiger charge is -2.05. The summed E-state index contributed by atoms with van der Waals surface area (Å²) in [5, 5.41) is 11.6. The van der Waals surface area contributed by atoms with Crippen LogP contribution in [0.5, 0.6) is 5.75 Å². The van der Waals surface area contributed by atoms with Crippen LogP contribution in [0.25, 0.3) is 6.08 Å². The zero-order valence-electron chi connectivity index (χ0n) is 9.30. The number of phenols is 1. The predicted molar refractivity (Wildman–Crippen MR) is 62.0 cm³/mol. The molecule has 2 N–H and O–H groups in total. The molecule has 1 aromatic rings. The smallest absolute Gasteiger partial charge is 0.328 e. The van der Waals surface area contributed by atoms with Gasteiger partial charge in [-0.25, -0.2) is 4.79 Å². The minimum atomic E-state index is -0.400. The number of phenolic OH excluding ortho intramolecular Hbond substituents is 1. The monoisotopic (exact) mass is 232 g/mol.